The van der Waals surface area contributed by atoms with Gasteiger partial charge in [0.25, 0.3) is 0 Å². The maximum Gasteiger partial charge on any atom is -0.0170 e. The molecule has 0 rings (SSSR count). The van der Waals surface area contributed by atoms with Gasteiger partial charge < -0.3 is 0 Å². The van der Waals surface area contributed by atoms with Crippen molar-refractivity contribution in [2.45, 2.75) is 67.2 Å². The van der Waals surface area contributed by atoms with Crippen molar-refractivity contribution in [2.75, 3.05) is 0 Å². The first kappa shape index (κ1) is 16.2. The fourth-order valence-corrected chi connectivity index (χ4v) is 1.57. The summed E-state index contributed by atoms with van der Waals surface area (Å²) in [6.07, 6.45) is 13.9. The lowest BCUT2D eigenvalue weighted by Crippen LogP contribution is -2.07. The summed E-state index contributed by atoms with van der Waals surface area (Å²) in [4.78, 5) is 0. The minimum absolute atomic E-state index is 0.287. The summed E-state index contributed by atoms with van der Waals surface area (Å²) in [6.45, 7) is 13.5. The number of allylic oxidation sites excluding steroid dienone is 6. The van der Waals surface area contributed by atoms with Crippen molar-refractivity contribution in [3.63, 3.8) is 0 Å². The predicted octanol–water partition coefficient (Wildman–Crippen LogP) is 6.06. The van der Waals surface area contributed by atoms with E-state index in [1.165, 1.54) is 30.4 Å². The van der Waals surface area contributed by atoms with E-state index in [1.807, 2.05) is 0 Å². The second kappa shape index (κ2) is 8.33. The Hall–Kier alpha value is -0.780. The molecule has 0 radical (unpaired) electrons. The molecule has 0 heteroatoms. The van der Waals surface area contributed by atoms with E-state index < -0.39 is 0 Å². The molecule has 0 atom stereocenters. The molecule has 0 spiro atoms. The topological polar surface area (TPSA) is 0 Å². The zero-order chi connectivity index (χ0) is 13.3. The van der Waals surface area contributed by atoms with Crippen molar-refractivity contribution in [3.8, 4) is 0 Å². The van der Waals surface area contributed by atoms with Gasteiger partial charge in [0.15, 0.2) is 0 Å². The van der Waals surface area contributed by atoms with Crippen molar-refractivity contribution in [1.82, 2.24) is 0 Å². The summed E-state index contributed by atoms with van der Waals surface area (Å²) in [5.41, 5.74) is 3.18. The maximum absolute atomic E-state index is 2.30. The molecule has 0 unspecified atom stereocenters. The summed E-state index contributed by atoms with van der Waals surface area (Å²) in [5.74, 6) is 0. The Labute approximate surface area is 109 Å². The van der Waals surface area contributed by atoms with E-state index >= 15 is 0 Å². The molecule has 0 bridgehead atoms. The molecule has 0 aliphatic rings. The van der Waals surface area contributed by atoms with Crippen LogP contribution in [0.5, 0.6) is 0 Å². The highest BCUT2D eigenvalue weighted by Crippen LogP contribution is 2.27. The smallest absolute Gasteiger partial charge is 0.0170 e. The van der Waals surface area contributed by atoms with Gasteiger partial charge in [-0.15, -0.1) is 0 Å². The molecule has 98 valence electrons. The molecule has 0 heterocycles. The van der Waals surface area contributed by atoms with E-state index in [9.17, 15) is 0 Å². The lowest BCUT2D eigenvalue weighted by atomic mass is 9.84. The minimum Gasteiger partial charge on any atom is -0.0885 e. The minimum atomic E-state index is 0.287. The molecule has 0 nitrogen and oxygen atoms in total. The quantitative estimate of drug-likeness (QED) is 0.297. The third-order valence-corrected chi connectivity index (χ3v) is 3.21. The van der Waals surface area contributed by atoms with Gasteiger partial charge in [0.05, 0.1) is 0 Å². The van der Waals surface area contributed by atoms with Gasteiger partial charge in [-0.2, -0.15) is 0 Å². The Morgan fingerprint density at radius 1 is 0.882 bits per heavy atom. The third kappa shape index (κ3) is 8.01. The molecule has 0 N–H and O–H groups in total. The van der Waals surface area contributed by atoms with Crippen molar-refractivity contribution in [3.05, 3.63) is 35.5 Å². The van der Waals surface area contributed by atoms with Gasteiger partial charge in [-0.1, -0.05) is 69.6 Å². The SMILES string of the molecule is CCCC=CCCC=CC(C)=C(C)C(C)(C)C. The van der Waals surface area contributed by atoms with E-state index in [2.05, 4.69) is 65.8 Å². The molecule has 0 aromatic heterocycles. The Balaban J connectivity index is 4.09. The first-order valence-corrected chi connectivity index (χ1v) is 6.89. The second-order valence-electron chi connectivity index (χ2n) is 5.80. The van der Waals surface area contributed by atoms with Crippen molar-refractivity contribution in [1.29, 1.82) is 0 Å². The first-order valence-electron chi connectivity index (χ1n) is 6.89. The fraction of sp³-hybridized carbons (Fsp3) is 0.647. The zero-order valence-electron chi connectivity index (χ0n) is 12.6. The lowest BCUT2D eigenvalue weighted by Gasteiger charge is -2.21. The molecule has 0 aliphatic carbocycles. The van der Waals surface area contributed by atoms with E-state index in [0.717, 1.165) is 6.42 Å². The van der Waals surface area contributed by atoms with Crippen LogP contribution in [0, 0.1) is 5.41 Å². The third-order valence-electron chi connectivity index (χ3n) is 3.21. The Bertz CT molecular complexity index is 282. The van der Waals surface area contributed by atoms with E-state index in [1.54, 1.807) is 0 Å². The van der Waals surface area contributed by atoms with Crippen LogP contribution < -0.4 is 0 Å². The number of hydrogen-bond donors (Lipinski definition) is 0. The van der Waals surface area contributed by atoms with Gasteiger partial charge in [-0.3, -0.25) is 0 Å². The number of rotatable bonds is 6. The van der Waals surface area contributed by atoms with Gasteiger partial charge in [0.2, 0.25) is 0 Å². The molecule has 0 saturated carbocycles. The Morgan fingerprint density at radius 3 is 1.94 bits per heavy atom. The molecule has 0 amide bonds. The number of unbranched alkanes of at least 4 members (excludes halogenated alkanes) is 2. The van der Waals surface area contributed by atoms with Gasteiger partial charge in [0.1, 0.15) is 0 Å². The van der Waals surface area contributed by atoms with Gasteiger partial charge in [0, 0.05) is 0 Å². The highest BCUT2D eigenvalue weighted by molar-refractivity contribution is 5.25. The number of hydrogen-bond acceptors (Lipinski definition) is 0. The standard InChI is InChI=1S/C17H30/c1-7-8-9-10-11-12-13-14-15(2)16(3)17(4,5)6/h9-10,13-14H,7-8,11-12H2,1-6H3. The van der Waals surface area contributed by atoms with Crippen LogP contribution in [-0.2, 0) is 0 Å². The molecule has 0 aromatic carbocycles. The molecule has 0 aliphatic heterocycles. The molecule has 0 fully saturated rings. The largest absolute Gasteiger partial charge is 0.0885 e. The first-order chi connectivity index (χ1) is 7.89. The molecular formula is C17H30. The monoisotopic (exact) mass is 234 g/mol. The highest BCUT2D eigenvalue weighted by Gasteiger charge is 2.13. The fourth-order valence-electron chi connectivity index (χ4n) is 1.57. The lowest BCUT2D eigenvalue weighted by molar-refractivity contribution is 0.500. The van der Waals surface area contributed by atoms with Crippen LogP contribution >= 0.6 is 0 Å². The van der Waals surface area contributed by atoms with E-state index in [4.69, 9.17) is 0 Å². The summed E-state index contributed by atoms with van der Waals surface area (Å²) in [7, 11) is 0. The normalized spacial score (nSPS) is 14.7. The Kier molecular flexibility index (Phi) is 7.95. The average Bonchev–Trinajstić information content (AvgIpc) is 2.25. The van der Waals surface area contributed by atoms with Crippen LogP contribution in [0.1, 0.15) is 67.2 Å². The van der Waals surface area contributed by atoms with Crippen molar-refractivity contribution >= 4 is 0 Å². The van der Waals surface area contributed by atoms with E-state index in [0.29, 0.717) is 0 Å². The summed E-state index contributed by atoms with van der Waals surface area (Å²) < 4.78 is 0. The van der Waals surface area contributed by atoms with Gasteiger partial charge in [-0.25, -0.2) is 0 Å². The van der Waals surface area contributed by atoms with Gasteiger partial charge >= 0.3 is 0 Å². The second-order valence-corrected chi connectivity index (χ2v) is 5.80. The molecular weight excluding hydrogens is 204 g/mol. The van der Waals surface area contributed by atoms with Crippen molar-refractivity contribution < 1.29 is 0 Å². The van der Waals surface area contributed by atoms with Crippen LogP contribution in [0.4, 0.5) is 0 Å². The molecule has 17 heavy (non-hydrogen) atoms. The Morgan fingerprint density at radius 2 is 1.41 bits per heavy atom. The van der Waals surface area contributed by atoms with Crippen molar-refractivity contribution in [2.24, 2.45) is 5.41 Å². The summed E-state index contributed by atoms with van der Waals surface area (Å²) in [5, 5.41) is 0. The van der Waals surface area contributed by atoms with E-state index in [-0.39, 0.29) is 5.41 Å². The predicted molar refractivity (Wildman–Crippen MR) is 80.3 cm³/mol. The van der Waals surface area contributed by atoms with Gasteiger partial charge in [-0.05, 0) is 38.5 Å². The van der Waals surface area contributed by atoms with Crippen LogP contribution in [0.3, 0.4) is 0 Å². The average molecular weight is 234 g/mol. The molecule has 0 aromatic rings. The summed E-state index contributed by atoms with van der Waals surface area (Å²) in [6, 6.07) is 0. The van der Waals surface area contributed by atoms with Crippen LogP contribution in [0.15, 0.2) is 35.5 Å². The zero-order valence-corrected chi connectivity index (χ0v) is 12.6. The van der Waals surface area contributed by atoms with Crippen LogP contribution in [0.25, 0.3) is 0 Å². The highest BCUT2D eigenvalue weighted by atomic mass is 14.2. The molecule has 0 saturated heterocycles. The van der Waals surface area contributed by atoms with Crippen LogP contribution in [-0.4, -0.2) is 0 Å². The maximum atomic E-state index is 2.30. The van der Waals surface area contributed by atoms with Crippen LogP contribution in [0.2, 0.25) is 0 Å². The summed E-state index contributed by atoms with van der Waals surface area (Å²) >= 11 is 0.